The summed E-state index contributed by atoms with van der Waals surface area (Å²) in [5, 5.41) is 15.9. The van der Waals surface area contributed by atoms with E-state index in [-0.39, 0.29) is 23.2 Å². The van der Waals surface area contributed by atoms with Crippen molar-refractivity contribution in [2.75, 3.05) is 10.6 Å². The number of anilines is 3. The highest BCUT2D eigenvalue weighted by Gasteiger charge is 2.33. The van der Waals surface area contributed by atoms with Gasteiger partial charge in [-0.05, 0) is 12.1 Å². The molecular formula is C13H10F3N5O3. The molecule has 11 heteroatoms. The summed E-state index contributed by atoms with van der Waals surface area (Å²) < 4.78 is 37.8. The SMILES string of the molecule is CC(=O)Nc1ccc(Nc2ncc(C(F)(F)F)cc2[N+](=O)[O-])cn1. The zero-order valence-corrected chi connectivity index (χ0v) is 12.1. The summed E-state index contributed by atoms with van der Waals surface area (Å²) in [4.78, 5) is 28.2. The number of rotatable bonds is 4. The third-order valence-corrected chi connectivity index (χ3v) is 2.72. The fourth-order valence-corrected chi connectivity index (χ4v) is 1.70. The van der Waals surface area contributed by atoms with Gasteiger partial charge < -0.3 is 10.6 Å². The smallest absolute Gasteiger partial charge is 0.333 e. The summed E-state index contributed by atoms with van der Waals surface area (Å²) >= 11 is 0. The highest BCUT2D eigenvalue weighted by atomic mass is 19.4. The number of aromatic nitrogens is 2. The lowest BCUT2D eigenvalue weighted by molar-refractivity contribution is -0.384. The second kappa shape index (κ2) is 6.48. The number of pyridine rings is 2. The monoisotopic (exact) mass is 341 g/mol. The van der Waals surface area contributed by atoms with Gasteiger partial charge in [-0.1, -0.05) is 0 Å². The number of halogens is 3. The Morgan fingerprint density at radius 1 is 1.25 bits per heavy atom. The van der Waals surface area contributed by atoms with Crippen molar-refractivity contribution >= 4 is 28.9 Å². The molecule has 0 aliphatic rings. The van der Waals surface area contributed by atoms with Crippen LogP contribution in [-0.2, 0) is 11.0 Å². The lowest BCUT2D eigenvalue weighted by Gasteiger charge is -2.10. The van der Waals surface area contributed by atoms with Crippen molar-refractivity contribution in [3.8, 4) is 0 Å². The van der Waals surface area contributed by atoms with E-state index in [0.717, 1.165) is 0 Å². The quantitative estimate of drug-likeness (QED) is 0.653. The van der Waals surface area contributed by atoms with Crippen LogP contribution in [-0.4, -0.2) is 20.8 Å². The highest BCUT2D eigenvalue weighted by molar-refractivity contribution is 5.87. The first kappa shape index (κ1) is 17.1. The topological polar surface area (TPSA) is 110 Å². The third-order valence-electron chi connectivity index (χ3n) is 2.72. The molecule has 0 aliphatic heterocycles. The van der Waals surface area contributed by atoms with Gasteiger partial charge in [0, 0.05) is 19.2 Å². The van der Waals surface area contributed by atoms with E-state index in [4.69, 9.17) is 0 Å². The molecule has 2 rings (SSSR count). The maximum atomic E-state index is 12.6. The number of alkyl halides is 3. The van der Waals surface area contributed by atoms with Gasteiger partial charge >= 0.3 is 11.9 Å². The molecule has 0 unspecified atom stereocenters. The van der Waals surface area contributed by atoms with Gasteiger partial charge in [0.1, 0.15) is 5.82 Å². The van der Waals surface area contributed by atoms with Crippen molar-refractivity contribution < 1.29 is 22.9 Å². The Morgan fingerprint density at radius 3 is 2.46 bits per heavy atom. The minimum absolute atomic E-state index is 0.250. The van der Waals surface area contributed by atoms with Crippen molar-refractivity contribution in [3.63, 3.8) is 0 Å². The van der Waals surface area contributed by atoms with Gasteiger partial charge in [-0.25, -0.2) is 9.97 Å². The Kier molecular flexibility index (Phi) is 4.62. The van der Waals surface area contributed by atoms with Crippen LogP contribution in [0.15, 0.2) is 30.6 Å². The van der Waals surface area contributed by atoms with Crippen molar-refractivity contribution in [2.45, 2.75) is 13.1 Å². The summed E-state index contributed by atoms with van der Waals surface area (Å²) in [7, 11) is 0. The normalized spacial score (nSPS) is 11.0. The van der Waals surface area contributed by atoms with Crippen molar-refractivity contribution in [1.29, 1.82) is 0 Å². The molecule has 0 aliphatic carbocycles. The van der Waals surface area contributed by atoms with E-state index >= 15 is 0 Å². The first-order valence-electron chi connectivity index (χ1n) is 6.39. The fourth-order valence-electron chi connectivity index (χ4n) is 1.70. The molecule has 0 atom stereocenters. The highest BCUT2D eigenvalue weighted by Crippen LogP contribution is 2.34. The Labute approximate surface area is 132 Å². The Morgan fingerprint density at radius 2 is 1.96 bits per heavy atom. The van der Waals surface area contributed by atoms with E-state index in [9.17, 15) is 28.1 Å². The van der Waals surface area contributed by atoms with E-state index in [1.54, 1.807) is 0 Å². The molecule has 1 amide bonds. The molecule has 0 spiro atoms. The molecule has 2 aromatic heterocycles. The minimum Gasteiger partial charge on any atom is -0.333 e. The van der Waals surface area contributed by atoms with Gasteiger partial charge in [0.25, 0.3) is 0 Å². The van der Waals surface area contributed by atoms with Crippen molar-refractivity contribution in [2.24, 2.45) is 0 Å². The molecule has 2 aromatic rings. The molecular weight excluding hydrogens is 331 g/mol. The maximum absolute atomic E-state index is 12.6. The number of hydrogen-bond donors (Lipinski definition) is 2. The second-order valence-electron chi connectivity index (χ2n) is 4.58. The summed E-state index contributed by atoms with van der Waals surface area (Å²) in [5.74, 6) is -0.437. The predicted octanol–water partition coefficient (Wildman–Crippen LogP) is 3.11. The van der Waals surface area contributed by atoms with E-state index in [1.165, 1.54) is 25.3 Å². The largest absolute Gasteiger partial charge is 0.418 e. The van der Waals surface area contributed by atoms with Crippen LogP contribution in [0.25, 0.3) is 0 Å². The van der Waals surface area contributed by atoms with Crippen LogP contribution >= 0.6 is 0 Å². The molecule has 126 valence electrons. The predicted molar refractivity (Wildman–Crippen MR) is 77.7 cm³/mol. The van der Waals surface area contributed by atoms with Gasteiger partial charge in [0.15, 0.2) is 0 Å². The number of nitrogens with one attached hydrogen (secondary N) is 2. The van der Waals surface area contributed by atoms with E-state index in [0.29, 0.717) is 12.3 Å². The molecule has 2 heterocycles. The van der Waals surface area contributed by atoms with Crippen LogP contribution < -0.4 is 10.6 Å². The molecule has 2 N–H and O–H groups in total. The van der Waals surface area contributed by atoms with Crippen LogP contribution in [0.2, 0.25) is 0 Å². The third kappa shape index (κ3) is 4.15. The van der Waals surface area contributed by atoms with Crippen LogP contribution in [0.5, 0.6) is 0 Å². The standard InChI is InChI=1S/C13H10F3N5O3/c1-7(22)19-11-3-2-9(6-17-11)20-12-10(21(23)24)4-8(5-18-12)13(14,15)16/h2-6H,1H3,(H,18,20)(H,17,19,22). The van der Waals surface area contributed by atoms with E-state index in [2.05, 4.69) is 20.6 Å². The molecule has 24 heavy (non-hydrogen) atoms. The summed E-state index contributed by atoms with van der Waals surface area (Å²) in [5.41, 5.74) is -1.80. The number of amides is 1. The van der Waals surface area contributed by atoms with Crippen molar-refractivity contribution in [3.05, 3.63) is 46.3 Å². The average molecular weight is 341 g/mol. The molecule has 0 radical (unpaired) electrons. The number of carbonyl (C=O) groups excluding carboxylic acids is 1. The zero-order chi connectivity index (χ0) is 17.9. The molecule has 0 fully saturated rings. The lowest BCUT2D eigenvalue weighted by Crippen LogP contribution is -2.09. The zero-order valence-electron chi connectivity index (χ0n) is 12.1. The van der Waals surface area contributed by atoms with Gasteiger partial charge in [-0.15, -0.1) is 0 Å². The first-order chi connectivity index (χ1) is 11.2. The lowest BCUT2D eigenvalue weighted by atomic mass is 10.2. The van der Waals surface area contributed by atoms with Crippen LogP contribution in [0.1, 0.15) is 12.5 Å². The molecule has 0 aromatic carbocycles. The van der Waals surface area contributed by atoms with Crippen LogP contribution in [0, 0.1) is 10.1 Å². The first-order valence-corrected chi connectivity index (χ1v) is 6.39. The molecule has 8 nitrogen and oxygen atoms in total. The van der Waals surface area contributed by atoms with Gasteiger partial charge in [0.2, 0.25) is 11.7 Å². The molecule has 0 saturated carbocycles. The van der Waals surface area contributed by atoms with Gasteiger partial charge in [-0.2, -0.15) is 13.2 Å². The summed E-state index contributed by atoms with van der Waals surface area (Å²) in [6.45, 7) is 1.29. The molecule has 0 saturated heterocycles. The maximum Gasteiger partial charge on any atom is 0.418 e. The molecule has 0 bridgehead atoms. The summed E-state index contributed by atoms with van der Waals surface area (Å²) in [6, 6.07) is 3.25. The average Bonchev–Trinajstić information content (AvgIpc) is 2.47. The fraction of sp³-hybridized carbons (Fsp3) is 0.154. The second-order valence-corrected chi connectivity index (χ2v) is 4.58. The van der Waals surface area contributed by atoms with Crippen LogP contribution in [0.3, 0.4) is 0 Å². The van der Waals surface area contributed by atoms with E-state index < -0.39 is 22.4 Å². The van der Waals surface area contributed by atoms with E-state index in [1.807, 2.05) is 0 Å². The number of nitrogens with zero attached hydrogens (tertiary/aromatic N) is 3. The minimum atomic E-state index is -4.74. The number of nitro groups is 1. The van der Waals surface area contributed by atoms with Gasteiger partial charge in [0.05, 0.1) is 22.4 Å². The Balaban J connectivity index is 2.29. The van der Waals surface area contributed by atoms with Crippen LogP contribution in [0.4, 0.5) is 36.2 Å². The van der Waals surface area contributed by atoms with Crippen molar-refractivity contribution in [1.82, 2.24) is 9.97 Å². The van der Waals surface area contributed by atoms with Gasteiger partial charge in [-0.3, -0.25) is 14.9 Å². The Bertz CT molecular complexity index is 777. The summed E-state index contributed by atoms with van der Waals surface area (Å²) in [6.07, 6.45) is -3.00. The number of carbonyl (C=O) groups is 1. The number of hydrogen-bond acceptors (Lipinski definition) is 6. The Hall–Kier alpha value is -3.24.